The molecule has 124 valence electrons. The molecule has 2 nitrogen and oxygen atoms in total. The molecule has 2 aliphatic carbocycles. The van der Waals surface area contributed by atoms with E-state index in [0.29, 0.717) is 17.8 Å². The van der Waals surface area contributed by atoms with E-state index in [-0.39, 0.29) is 12.0 Å². The predicted molar refractivity (Wildman–Crippen MR) is 92.4 cm³/mol. The molecule has 6 atom stereocenters. The van der Waals surface area contributed by atoms with E-state index in [1.165, 1.54) is 11.1 Å². The van der Waals surface area contributed by atoms with Gasteiger partial charge in [0.1, 0.15) is 0 Å². The van der Waals surface area contributed by atoms with Crippen LogP contribution in [0.25, 0.3) is 0 Å². The summed E-state index contributed by atoms with van der Waals surface area (Å²) in [5, 5.41) is 20.9. The summed E-state index contributed by atoms with van der Waals surface area (Å²) < 4.78 is 0. The minimum absolute atomic E-state index is 0.258. The van der Waals surface area contributed by atoms with Gasteiger partial charge in [-0.1, -0.05) is 42.9 Å². The van der Waals surface area contributed by atoms with Crippen molar-refractivity contribution in [1.82, 2.24) is 0 Å². The molecule has 0 amide bonds. The summed E-state index contributed by atoms with van der Waals surface area (Å²) in [6.07, 6.45) is 6.35. The topological polar surface area (TPSA) is 40.5 Å². The Labute approximate surface area is 135 Å². The lowest BCUT2D eigenvalue weighted by Gasteiger charge is -2.33. The van der Waals surface area contributed by atoms with E-state index in [9.17, 15) is 10.2 Å². The highest BCUT2D eigenvalue weighted by Gasteiger charge is 2.42. The summed E-state index contributed by atoms with van der Waals surface area (Å²) in [6, 6.07) is 0. The third kappa shape index (κ3) is 3.55. The molecule has 2 rings (SSSR count). The van der Waals surface area contributed by atoms with Crippen molar-refractivity contribution in [2.24, 2.45) is 23.7 Å². The summed E-state index contributed by atoms with van der Waals surface area (Å²) in [6.45, 7) is 14.3. The van der Waals surface area contributed by atoms with Crippen LogP contribution in [0.1, 0.15) is 52.9 Å². The minimum Gasteiger partial charge on any atom is -0.392 e. The van der Waals surface area contributed by atoms with Crippen LogP contribution in [0.4, 0.5) is 0 Å². The van der Waals surface area contributed by atoms with Gasteiger partial charge in [0.15, 0.2) is 0 Å². The Hall–Kier alpha value is -0.860. The van der Waals surface area contributed by atoms with Crippen molar-refractivity contribution in [2.75, 3.05) is 0 Å². The van der Waals surface area contributed by atoms with Gasteiger partial charge in [-0.25, -0.2) is 0 Å². The van der Waals surface area contributed by atoms with Gasteiger partial charge in [0.2, 0.25) is 0 Å². The maximum Gasteiger partial charge on any atom is 0.0744 e. The van der Waals surface area contributed by atoms with E-state index >= 15 is 0 Å². The molecular weight excluding hydrogens is 272 g/mol. The van der Waals surface area contributed by atoms with Crippen LogP contribution in [0.3, 0.4) is 0 Å². The number of aliphatic hydroxyl groups excluding tert-OH is 2. The van der Waals surface area contributed by atoms with Crippen LogP contribution < -0.4 is 0 Å². The molecule has 0 aliphatic heterocycles. The number of hydrogen-bond donors (Lipinski definition) is 2. The zero-order valence-corrected chi connectivity index (χ0v) is 14.4. The van der Waals surface area contributed by atoms with Crippen LogP contribution >= 0.6 is 0 Å². The van der Waals surface area contributed by atoms with Gasteiger partial charge in [0.25, 0.3) is 0 Å². The maximum atomic E-state index is 11.0. The molecule has 1 fully saturated rings. The fourth-order valence-electron chi connectivity index (χ4n) is 4.32. The molecule has 0 aromatic carbocycles. The van der Waals surface area contributed by atoms with Crippen LogP contribution in [0.5, 0.6) is 0 Å². The molecular formula is C20H32O2. The van der Waals surface area contributed by atoms with Crippen molar-refractivity contribution in [1.29, 1.82) is 0 Å². The number of rotatable bonds is 5. The lowest BCUT2D eigenvalue weighted by Crippen LogP contribution is -2.34. The van der Waals surface area contributed by atoms with Crippen molar-refractivity contribution in [2.45, 2.75) is 65.1 Å². The van der Waals surface area contributed by atoms with E-state index < -0.39 is 6.10 Å². The maximum absolute atomic E-state index is 11.0. The van der Waals surface area contributed by atoms with Gasteiger partial charge in [0.05, 0.1) is 12.2 Å². The highest BCUT2D eigenvalue weighted by atomic mass is 16.3. The first-order chi connectivity index (χ1) is 10.3. The van der Waals surface area contributed by atoms with Crippen LogP contribution in [0.2, 0.25) is 0 Å². The van der Waals surface area contributed by atoms with Crippen molar-refractivity contribution in [3.8, 4) is 0 Å². The Morgan fingerprint density at radius 3 is 2.73 bits per heavy atom. The van der Waals surface area contributed by atoms with Gasteiger partial charge in [-0.3, -0.25) is 0 Å². The van der Waals surface area contributed by atoms with Gasteiger partial charge in [0, 0.05) is 5.92 Å². The predicted octanol–water partition coefficient (Wildman–Crippen LogP) is 4.25. The normalized spacial score (nSPS) is 34.6. The highest BCUT2D eigenvalue weighted by Crippen LogP contribution is 2.47. The van der Waals surface area contributed by atoms with Gasteiger partial charge < -0.3 is 10.2 Å². The van der Waals surface area contributed by atoms with Crippen LogP contribution in [-0.2, 0) is 0 Å². The van der Waals surface area contributed by atoms with Gasteiger partial charge in [-0.05, 0) is 63.7 Å². The fourth-order valence-corrected chi connectivity index (χ4v) is 4.32. The van der Waals surface area contributed by atoms with Gasteiger partial charge >= 0.3 is 0 Å². The summed E-state index contributed by atoms with van der Waals surface area (Å²) >= 11 is 0. The Morgan fingerprint density at radius 1 is 1.41 bits per heavy atom. The van der Waals surface area contributed by atoms with Crippen LogP contribution in [0, 0.1) is 23.7 Å². The summed E-state index contributed by atoms with van der Waals surface area (Å²) in [5.41, 5.74) is 3.48. The molecule has 2 N–H and O–H groups in total. The Balaban J connectivity index is 2.05. The van der Waals surface area contributed by atoms with Crippen molar-refractivity contribution < 1.29 is 10.2 Å². The second kappa shape index (κ2) is 7.14. The molecule has 0 aromatic heterocycles. The standard InChI is InChI=1S/C20H32O2/c1-12(2)18(21)11-8-14(4)17-10-6-13(3)16-9-7-15(5)19(16)20(17)22/h7,14,16-22H,1,3,6,8-11H2,2,4-5H3/t14-,16+,17+,18-,19-,20-/m1/s1. The third-order valence-corrected chi connectivity index (χ3v) is 5.98. The molecule has 0 spiro atoms. The van der Waals surface area contributed by atoms with Crippen LogP contribution in [0.15, 0.2) is 36.0 Å². The lowest BCUT2D eigenvalue weighted by atomic mass is 9.76. The summed E-state index contributed by atoms with van der Waals surface area (Å²) in [7, 11) is 0. The van der Waals surface area contributed by atoms with Gasteiger partial charge in [-0.15, -0.1) is 0 Å². The smallest absolute Gasteiger partial charge is 0.0744 e. The first kappa shape index (κ1) is 17.5. The van der Waals surface area contributed by atoms with Crippen molar-refractivity contribution in [3.05, 3.63) is 36.0 Å². The Bertz CT molecular complexity index is 462. The SMILES string of the molecule is C=C(C)[C@H](O)CC[C@@H](C)[C@@H]1CCC(=C)[C@@H]2CC=C(C)[C@H]2[C@@H]1O. The molecule has 1 saturated carbocycles. The monoisotopic (exact) mass is 304 g/mol. The molecule has 0 unspecified atom stereocenters. The zero-order chi connectivity index (χ0) is 16.4. The average Bonchev–Trinajstić information content (AvgIpc) is 2.80. The molecule has 22 heavy (non-hydrogen) atoms. The molecule has 2 heteroatoms. The van der Waals surface area contributed by atoms with Crippen LogP contribution in [-0.4, -0.2) is 22.4 Å². The second-order valence-corrected chi connectivity index (χ2v) is 7.58. The highest BCUT2D eigenvalue weighted by molar-refractivity contribution is 5.24. The Morgan fingerprint density at radius 2 is 2.09 bits per heavy atom. The number of fused-ring (bicyclic) bond motifs is 1. The van der Waals surface area contributed by atoms with Gasteiger partial charge in [-0.2, -0.15) is 0 Å². The number of aliphatic hydroxyl groups is 2. The van der Waals surface area contributed by atoms with Crippen molar-refractivity contribution in [3.63, 3.8) is 0 Å². The molecule has 0 aromatic rings. The lowest BCUT2D eigenvalue weighted by molar-refractivity contribution is 0.0276. The van der Waals surface area contributed by atoms with E-state index in [0.717, 1.165) is 37.7 Å². The number of allylic oxidation sites excluding steroid dienone is 2. The van der Waals surface area contributed by atoms with E-state index in [1.54, 1.807) is 0 Å². The third-order valence-electron chi connectivity index (χ3n) is 5.98. The zero-order valence-electron chi connectivity index (χ0n) is 14.4. The number of hydrogen-bond acceptors (Lipinski definition) is 2. The second-order valence-electron chi connectivity index (χ2n) is 7.58. The average molecular weight is 304 g/mol. The quantitative estimate of drug-likeness (QED) is 0.745. The van der Waals surface area contributed by atoms with E-state index in [2.05, 4.69) is 33.1 Å². The first-order valence-electron chi connectivity index (χ1n) is 8.68. The first-order valence-corrected chi connectivity index (χ1v) is 8.68. The molecule has 0 heterocycles. The largest absolute Gasteiger partial charge is 0.392 e. The summed E-state index contributed by atoms with van der Waals surface area (Å²) in [5.74, 6) is 1.40. The molecule has 0 saturated heterocycles. The molecule has 0 radical (unpaired) electrons. The van der Waals surface area contributed by atoms with Crippen molar-refractivity contribution >= 4 is 0 Å². The van der Waals surface area contributed by atoms with E-state index in [1.807, 2.05) is 6.92 Å². The Kier molecular flexibility index (Phi) is 5.68. The minimum atomic E-state index is -0.416. The van der Waals surface area contributed by atoms with E-state index in [4.69, 9.17) is 0 Å². The summed E-state index contributed by atoms with van der Waals surface area (Å²) in [4.78, 5) is 0. The molecule has 0 bridgehead atoms. The molecule has 2 aliphatic rings. The fraction of sp³-hybridized carbons (Fsp3) is 0.700.